The van der Waals surface area contributed by atoms with Gasteiger partial charge in [-0.25, -0.2) is 0 Å². The number of fused-ring (bicyclic) bond motifs is 1. The third kappa shape index (κ3) is 2.43. The summed E-state index contributed by atoms with van der Waals surface area (Å²) in [6.45, 7) is 0.735. The number of anilines is 1. The molecule has 7 nitrogen and oxygen atoms in total. The molecule has 0 saturated carbocycles. The third-order valence-electron chi connectivity index (χ3n) is 6.28. The Balaban J connectivity index is 1.53. The van der Waals surface area contributed by atoms with E-state index in [0.29, 0.717) is 6.01 Å². The van der Waals surface area contributed by atoms with E-state index in [9.17, 15) is 9.90 Å². The summed E-state index contributed by atoms with van der Waals surface area (Å²) in [6.07, 6.45) is 9.71. The average Bonchev–Trinajstić information content (AvgIpc) is 3.28. The largest absolute Gasteiger partial charge is 0.480 e. The van der Waals surface area contributed by atoms with Crippen molar-refractivity contribution in [2.75, 3.05) is 25.0 Å². The van der Waals surface area contributed by atoms with Crippen LogP contribution in [0.3, 0.4) is 0 Å². The zero-order valence-electron chi connectivity index (χ0n) is 15.7. The Kier molecular flexibility index (Phi) is 3.87. The van der Waals surface area contributed by atoms with Crippen molar-refractivity contribution >= 4 is 29.3 Å². The summed E-state index contributed by atoms with van der Waals surface area (Å²) in [5.74, 6) is -0.604. The Bertz CT molecular complexity index is 991. The Morgan fingerprint density at radius 3 is 3.11 bits per heavy atom. The summed E-state index contributed by atoms with van der Waals surface area (Å²) in [5, 5.41) is 9.43. The molecule has 7 heteroatoms. The van der Waals surface area contributed by atoms with E-state index in [-0.39, 0.29) is 18.5 Å². The van der Waals surface area contributed by atoms with E-state index in [1.807, 2.05) is 42.3 Å². The summed E-state index contributed by atoms with van der Waals surface area (Å²) >= 11 is 0. The van der Waals surface area contributed by atoms with Crippen molar-refractivity contribution in [2.24, 2.45) is 10.9 Å². The quantitative estimate of drug-likeness (QED) is 0.881. The van der Waals surface area contributed by atoms with Crippen LogP contribution in [-0.4, -0.2) is 58.9 Å². The summed E-state index contributed by atoms with van der Waals surface area (Å²) in [4.78, 5) is 24.9. The maximum atomic E-state index is 11.5. The van der Waals surface area contributed by atoms with Crippen LogP contribution in [0.15, 0.2) is 57.6 Å². The molecule has 2 aromatic rings. The van der Waals surface area contributed by atoms with Gasteiger partial charge in [0.25, 0.3) is 6.01 Å². The van der Waals surface area contributed by atoms with Gasteiger partial charge in [0, 0.05) is 31.8 Å². The number of para-hydroxylation sites is 2. The fourth-order valence-corrected chi connectivity index (χ4v) is 5.07. The molecule has 144 valence electrons. The van der Waals surface area contributed by atoms with E-state index in [1.54, 1.807) is 6.21 Å². The lowest BCUT2D eigenvalue weighted by atomic mass is 9.71. The summed E-state index contributed by atoms with van der Waals surface area (Å²) in [5.41, 5.74) is 2.09. The molecule has 1 aromatic carbocycles. The topological polar surface area (TPSA) is 82.2 Å². The molecule has 0 bridgehead atoms. The maximum Gasteiger partial charge on any atom is 0.317 e. The molecule has 2 aliphatic heterocycles. The first kappa shape index (κ1) is 17.2. The predicted octanol–water partition coefficient (Wildman–Crippen LogP) is 2.71. The number of benzene rings is 1. The van der Waals surface area contributed by atoms with Gasteiger partial charge in [0.1, 0.15) is 5.52 Å². The van der Waals surface area contributed by atoms with Gasteiger partial charge in [0.2, 0.25) is 0 Å². The van der Waals surface area contributed by atoms with Gasteiger partial charge >= 0.3 is 5.97 Å². The first-order valence-corrected chi connectivity index (χ1v) is 9.57. The number of rotatable bonds is 4. The number of carboxylic acid groups (broad SMARTS) is 1. The van der Waals surface area contributed by atoms with Crippen molar-refractivity contribution in [1.29, 1.82) is 0 Å². The number of carboxylic acids is 1. The predicted molar refractivity (Wildman–Crippen MR) is 107 cm³/mol. The average molecular weight is 378 g/mol. The molecule has 1 spiro atoms. The van der Waals surface area contributed by atoms with E-state index in [4.69, 9.17) is 4.42 Å². The number of hydrogen-bond donors (Lipinski definition) is 1. The zero-order valence-corrected chi connectivity index (χ0v) is 15.7. The molecule has 3 heterocycles. The van der Waals surface area contributed by atoms with Crippen molar-refractivity contribution in [3.8, 4) is 0 Å². The molecule has 5 rings (SSSR count). The molecule has 1 aromatic heterocycles. The highest BCUT2D eigenvalue weighted by Gasteiger charge is 2.56. The highest BCUT2D eigenvalue weighted by molar-refractivity contribution is 5.77. The number of aliphatic carboxylic acids is 1. The van der Waals surface area contributed by atoms with Crippen LogP contribution in [0.5, 0.6) is 0 Å². The van der Waals surface area contributed by atoms with Crippen LogP contribution in [0.4, 0.5) is 6.01 Å². The van der Waals surface area contributed by atoms with Crippen LogP contribution in [0.1, 0.15) is 12.8 Å². The minimum absolute atomic E-state index is 0.00697. The van der Waals surface area contributed by atoms with Gasteiger partial charge in [-0.15, -0.1) is 0 Å². The van der Waals surface area contributed by atoms with Gasteiger partial charge < -0.3 is 14.4 Å². The Hall–Kier alpha value is -2.93. The van der Waals surface area contributed by atoms with E-state index in [2.05, 4.69) is 27.0 Å². The normalized spacial score (nSPS) is 28.8. The number of aromatic nitrogens is 1. The van der Waals surface area contributed by atoms with Crippen molar-refractivity contribution in [3.05, 3.63) is 48.2 Å². The van der Waals surface area contributed by atoms with Crippen molar-refractivity contribution in [2.45, 2.75) is 24.4 Å². The molecule has 1 saturated heterocycles. The van der Waals surface area contributed by atoms with Gasteiger partial charge in [-0.05, 0) is 31.1 Å². The van der Waals surface area contributed by atoms with Gasteiger partial charge in [0.05, 0.1) is 17.8 Å². The molecular formula is C21H22N4O3. The Morgan fingerprint density at radius 1 is 1.43 bits per heavy atom. The van der Waals surface area contributed by atoms with Gasteiger partial charge in [0.15, 0.2) is 5.58 Å². The van der Waals surface area contributed by atoms with Crippen LogP contribution in [-0.2, 0) is 4.79 Å². The maximum absolute atomic E-state index is 11.5. The first-order chi connectivity index (χ1) is 13.6. The molecule has 1 N–H and O–H groups in total. The second kappa shape index (κ2) is 6.31. The lowest BCUT2D eigenvalue weighted by Crippen LogP contribution is -2.57. The number of likely N-dealkylation sites (tertiary alicyclic amines) is 1. The summed E-state index contributed by atoms with van der Waals surface area (Å²) in [6, 6.07) is 8.49. The first-order valence-electron chi connectivity index (χ1n) is 9.57. The van der Waals surface area contributed by atoms with Crippen molar-refractivity contribution < 1.29 is 14.3 Å². The molecule has 3 atom stereocenters. The highest BCUT2D eigenvalue weighted by atomic mass is 16.4. The molecule has 0 radical (unpaired) electrons. The van der Waals surface area contributed by atoms with Crippen molar-refractivity contribution in [1.82, 2.24) is 9.88 Å². The van der Waals surface area contributed by atoms with Crippen molar-refractivity contribution in [3.63, 3.8) is 0 Å². The third-order valence-corrected chi connectivity index (χ3v) is 6.28. The van der Waals surface area contributed by atoms with E-state index in [0.717, 1.165) is 36.2 Å². The second-order valence-electron chi connectivity index (χ2n) is 7.64. The van der Waals surface area contributed by atoms with Crippen LogP contribution < -0.4 is 4.90 Å². The van der Waals surface area contributed by atoms with Gasteiger partial charge in [-0.1, -0.05) is 24.3 Å². The number of carbonyl (C=O) groups is 1. The van der Waals surface area contributed by atoms with Crippen LogP contribution in [0.25, 0.3) is 11.1 Å². The van der Waals surface area contributed by atoms with E-state index < -0.39 is 11.5 Å². The summed E-state index contributed by atoms with van der Waals surface area (Å²) < 4.78 is 6.00. The lowest BCUT2D eigenvalue weighted by Gasteiger charge is -2.48. The van der Waals surface area contributed by atoms with E-state index in [1.165, 1.54) is 0 Å². The lowest BCUT2D eigenvalue weighted by molar-refractivity contribution is -0.139. The standard InChI is InChI=1S/C21H22N4O3/c1-24(20-23-15-5-2-3-6-17(15)28-20)16-7-8-18-21(10-4-11-22-18)14(16)9-12-25(21)13-19(26)27/h2-6,8,10-11,14,16H,7,9,12-13H2,1H3,(H,26,27). The molecular weight excluding hydrogens is 356 g/mol. The molecule has 0 amide bonds. The SMILES string of the molecule is CN(c1nc2ccccc2o1)C1CC=C2N=CC=CC23C1CCN3CC(=O)O. The van der Waals surface area contributed by atoms with Crippen LogP contribution in [0.2, 0.25) is 0 Å². The van der Waals surface area contributed by atoms with Gasteiger partial charge in [-0.3, -0.25) is 14.7 Å². The highest BCUT2D eigenvalue weighted by Crippen LogP contribution is 2.50. The fraction of sp³-hybridized carbons (Fsp3) is 0.381. The Morgan fingerprint density at radius 2 is 2.29 bits per heavy atom. The molecule has 28 heavy (non-hydrogen) atoms. The fourth-order valence-electron chi connectivity index (χ4n) is 5.07. The molecule has 1 aliphatic carbocycles. The molecule has 3 aliphatic rings. The monoisotopic (exact) mass is 378 g/mol. The minimum Gasteiger partial charge on any atom is -0.480 e. The number of nitrogens with zero attached hydrogens (tertiary/aromatic N) is 4. The number of hydrogen-bond acceptors (Lipinski definition) is 6. The minimum atomic E-state index is -0.813. The Labute approximate surface area is 162 Å². The van der Waals surface area contributed by atoms with E-state index >= 15 is 0 Å². The molecule has 3 unspecified atom stereocenters. The van der Waals surface area contributed by atoms with Gasteiger partial charge in [-0.2, -0.15) is 4.98 Å². The number of allylic oxidation sites excluding steroid dienone is 1. The number of aliphatic imine (C=N–C) groups is 1. The number of dihydropyridines is 1. The molecule has 1 fully saturated rings. The smallest absolute Gasteiger partial charge is 0.317 e. The summed E-state index contributed by atoms with van der Waals surface area (Å²) in [7, 11) is 2.01. The second-order valence-corrected chi connectivity index (χ2v) is 7.64. The van der Waals surface area contributed by atoms with Crippen LogP contribution in [0, 0.1) is 5.92 Å². The van der Waals surface area contributed by atoms with Crippen LogP contribution >= 0.6 is 0 Å². The zero-order chi connectivity index (χ0) is 19.3. The number of oxazole rings is 1.